The molecule has 0 N–H and O–H groups in total. The Kier molecular flexibility index (Phi) is 3.76. The van der Waals surface area contributed by atoms with Crippen LogP contribution in [0.1, 0.15) is 5.82 Å². The van der Waals surface area contributed by atoms with Crippen molar-refractivity contribution < 1.29 is 9.66 Å². The Hall–Kier alpha value is -2.86. The summed E-state index contributed by atoms with van der Waals surface area (Å²) in [6, 6.07) is 14.1. The van der Waals surface area contributed by atoms with Crippen molar-refractivity contribution in [2.24, 2.45) is 0 Å². The van der Waals surface area contributed by atoms with Gasteiger partial charge in [0.1, 0.15) is 6.61 Å². The molecular weight excluding hydrogens is 282 g/mol. The van der Waals surface area contributed by atoms with Gasteiger partial charge in [0.25, 0.3) is 5.69 Å². The van der Waals surface area contributed by atoms with Crippen LogP contribution in [0.4, 0.5) is 5.69 Å². The molecule has 0 radical (unpaired) electrons. The second-order valence-electron chi connectivity index (χ2n) is 4.75. The van der Waals surface area contributed by atoms with Gasteiger partial charge in [0.2, 0.25) is 0 Å². The van der Waals surface area contributed by atoms with E-state index in [1.807, 2.05) is 30.3 Å². The van der Waals surface area contributed by atoms with Gasteiger partial charge in [-0.1, -0.05) is 30.3 Å². The van der Waals surface area contributed by atoms with Crippen molar-refractivity contribution in [3.63, 3.8) is 0 Å². The molecule has 0 bridgehead atoms. The van der Waals surface area contributed by atoms with Crippen LogP contribution in [0.2, 0.25) is 0 Å². The molecule has 1 aromatic heterocycles. The van der Waals surface area contributed by atoms with Crippen LogP contribution in [0, 0.1) is 10.1 Å². The normalized spacial score (nSPS) is 10.8. The lowest BCUT2D eigenvalue weighted by Crippen LogP contribution is -2.00. The van der Waals surface area contributed by atoms with Gasteiger partial charge in [0.05, 0.1) is 16.1 Å². The van der Waals surface area contributed by atoms with Crippen molar-refractivity contribution in [2.75, 3.05) is 7.11 Å². The maximum absolute atomic E-state index is 11.0. The van der Waals surface area contributed by atoms with E-state index in [0.29, 0.717) is 22.4 Å². The second-order valence-corrected chi connectivity index (χ2v) is 4.75. The number of nitro groups is 1. The first-order chi connectivity index (χ1) is 10.7. The zero-order valence-electron chi connectivity index (χ0n) is 11.9. The molecule has 110 valence electrons. The number of benzene rings is 2. The lowest BCUT2D eigenvalue weighted by Gasteiger charge is -2.08. The molecule has 1 heterocycles. The number of ether oxygens (including phenoxy) is 1. The number of nitrogens with zero attached hydrogens (tertiary/aromatic N) is 3. The van der Waals surface area contributed by atoms with Crippen molar-refractivity contribution >= 4 is 16.6 Å². The molecule has 6 heteroatoms. The molecule has 0 aliphatic rings. The highest BCUT2D eigenvalue weighted by Gasteiger charge is 2.14. The summed E-state index contributed by atoms with van der Waals surface area (Å²) in [6.07, 6.45) is 0. The minimum Gasteiger partial charge on any atom is -0.377 e. The number of aromatic nitrogens is 2. The predicted octanol–water partition coefficient (Wildman–Crippen LogP) is 3.35. The third kappa shape index (κ3) is 2.64. The van der Waals surface area contributed by atoms with Crippen molar-refractivity contribution in [2.45, 2.75) is 6.61 Å². The fraction of sp³-hybridized carbons (Fsp3) is 0.125. The molecular formula is C16H13N3O3. The van der Waals surface area contributed by atoms with Crippen molar-refractivity contribution in [3.8, 4) is 11.3 Å². The second kappa shape index (κ2) is 5.87. The Labute approximate surface area is 126 Å². The van der Waals surface area contributed by atoms with Crippen molar-refractivity contribution in [1.29, 1.82) is 0 Å². The summed E-state index contributed by atoms with van der Waals surface area (Å²) in [5, 5.41) is 11.7. The monoisotopic (exact) mass is 295 g/mol. The van der Waals surface area contributed by atoms with Gasteiger partial charge in [-0.25, -0.2) is 9.97 Å². The third-order valence-corrected chi connectivity index (χ3v) is 3.26. The Morgan fingerprint density at radius 1 is 1.14 bits per heavy atom. The molecule has 0 saturated heterocycles. The molecule has 0 aliphatic heterocycles. The molecule has 0 saturated carbocycles. The van der Waals surface area contributed by atoms with Crippen LogP contribution in [0.15, 0.2) is 48.5 Å². The molecule has 0 spiro atoms. The van der Waals surface area contributed by atoms with Gasteiger partial charge in [-0.3, -0.25) is 10.1 Å². The molecule has 3 aromatic rings. The number of hydrogen-bond acceptors (Lipinski definition) is 5. The van der Waals surface area contributed by atoms with Gasteiger partial charge < -0.3 is 4.74 Å². The number of non-ortho nitro benzene ring substituents is 1. The molecule has 3 rings (SSSR count). The van der Waals surface area contributed by atoms with Gasteiger partial charge >= 0.3 is 0 Å². The topological polar surface area (TPSA) is 78.2 Å². The van der Waals surface area contributed by atoms with Gasteiger partial charge in [-0.05, 0) is 6.07 Å². The number of hydrogen-bond donors (Lipinski definition) is 0. The molecule has 22 heavy (non-hydrogen) atoms. The molecule has 0 fully saturated rings. The first kappa shape index (κ1) is 14.1. The van der Waals surface area contributed by atoms with E-state index in [2.05, 4.69) is 9.97 Å². The standard InChI is InChI=1S/C16H13N3O3/c1-22-10-15-17-14-8-7-12(19(20)21)9-13(14)16(18-15)11-5-3-2-4-6-11/h2-9H,10H2,1H3. The number of nitro benzene ring substituents is 1. The maximum Gasteiger partial charge on any atom is 0.270 e. The SMILES string of the molecule is COCc1nc(-c2ccccc2)c2cc([N+](=O)[O-])ccc2n1. The summed E-state index contributed by atoms with van der Waals surface area (Å²) in [5.74, 6) is 0.544. The van der Waals surface area contributed by atoms with Crippen LogP contribution in [-0.2, 0) is 11.3 Å². The third-order valence-electron chi connectivity index (χ3n) is 3.26. The van der Waals surface area contributed by atoms with Crippen LogP contribution in [0.3, 0.4) is 0 Å². The first-order valence-corrected chi connectivity index (χ1v) is 6.68. The van der Waals surface area contributed by atoms with E-state index < -0.39 is 4.92 Å². The predicted molar refractivity (Wildman–Crippen MR) is 82.3 cm³/mol. The van der Waals surface area contributed by atoms with E-state index in [0.717, 1.165) is 5.56 Å². The number of rotatable bonds is 4. The van der Waals surface area contributed by atoms with E-state index >= 15 is 0 Å². The molecule has 0 amide bonds. The van der Waals surface area contributed by atoms with Crippen LogP contribution in [-0.4, -0.2) is 22.0 Å². The van der Waals surface area contributed by atoms with Crippen LogP contribution in [0.25, 0.3) is 22.2 Å². The van der Waals surface area contributed by atoms with E-state index in [4.69, 9.17) is 4.74 Å². The highest BCUT2D eigenvalue weighted by Crippen LogP contribution is 2.29. The molecule has 0 unspecified atom stereocenters. The summed E-state index contributed by atoms with van der Waals surface area (Å²) in [6.45, 7) is 0.284. The lowest BCUT2D eigenvalue weighted by atomic mass is 10.1. The summed E-state index contributed by atoms with van der Waals surface area (Å²) < 4.78 is 5.10. The Morgan fingerprint density at radius 2 is 1.91 bits per heavy atom. The average molecular weight is 295 g/mol. The van der Waals surface area contributed by atoms with Crippen LogP contribution in [0.5, 0.6) is 0 Å². The molecule has 0 atom stereocenters. The maximum atomic E-state index is 11.0. The fourth-order valence-electron chi connectivity index (χ4n) is 2.29. The molecule has 2 aromatic carbocycles. The summed E-state index contributed by atoms with van der Waals surface area (Å²) in [5.41, 5.74) is 2.23. The van der Waals surface area contributed by atoms with E-state index in [-0.39, 0.29) is 12.3 Å². The van der Waals surface area contributed by atoms with E-state index in [1.54, 1.807) is 13.2 Å². The summed E-state index contributed by atoms with van der Waals surface area (Å²) in [4.78, 5) is 19.5. The quantitative estimate of drug-likeness (QED) is 0.545. The smallest absolute Gasteiger partial charge is 0.270 e. The van der Waals surface area contributed by atoms with Gasteiger partial charge in [0, 0.05) is 30.2 Å². The lowest BCUT2D eigenvalue weighted by molar-refractivity contribution is -0.384. The number of methoxy groups -OCH3 is 1. The highest BCUT2D eigenvalue weighted by molar-refractivity contribution is 5.93. The zero-order chi connectivity index (χ0) is 15.5. The first-order valence-electron chi connectivity index (χ1n) is 6.68. The van der Waals surface area contributed by atoms with Gasteiger partial charge in [0.15, 0.2) is 5.82 Å². The highest BCUT2D eigenvalue weighted by atomic mass is 16.6. The average Bonchev–Trinajstić information content (AvgIpc) is 2.54. The minimum atomic E-state index is -0.419. The number of fused-ring (bicyclic) bond motifs is 1. The Morgan fingerprint density at radius 3 is 2.59 bits per heavy atom. The van der Waals surface area contributed by atoms with Crippen LogP contribution >= 0.6 is 0 Å². The Bertz CT molecular complexity index is 835. The fourth-order valence-corrected chi connectivity index (χ4v) is 2.29. The van der Waals surface area contributed by atoms with Crippen molar-refractivity contribution in [1.82, 2.24) is 9.97 Å². The zero-order valence-corrected chi connectivity index (χ0v) is 11.9. The van der Waals surface area contributed by atoms with Crippen LogP contribution < -0.4 is 0 Å². The van der Waals surface area contributed by atoms with Gasteiger partial charge in [-0.15, -0.1) is 0 Å². The largest absolute Gasteiger partial charge is 0.377 e. The minimum absolute atomic E-state index is 0.0211. The van der Waals surface area contributed by atoms with E-state index in [9.17, 15) is 10.1 Å². The Balaban J connectivity index is 2.29. The summed E-state index contributed by atoms with van der Waals surface area (Å²) in [7, 11) is 1.57. The van der Waals surface area contributed by atoms with Gasteiger partial charge in [-0.2, -0.15) is 0 Å². The van der Waals surface area contributed by atoms with E-state index in [1.165, 1.54) is 12.1 Å². The molecule has 0 aliphatic carbocycles. The summed E-state index contributed by atoms with van der Waals surface area (Å²) >= 11 is 0. The molecule has 6 nitrogen and oxygen atoms in total. The van der Waals surface area contributed by atoms with Crippen molar-refractivity contribution in [3.05, 3.63) is 64.5 Å².